The summed E-state index contributed by atoms with van der Waals surface area (Å²) in [6, 6.07) is 4.11. The van der Waals surface area contributed by atoms with Crippen LogP contribution in [0.15, 0.2) is 29.2 Å². The van der Waals surface area contributed by atoms with E-state index in [0.29, 0.717) is 0 Å². The molecule has 0 bridgehead atoms. The first-order valence-electron chi connectivity index (χ1n) is 4.63. The van der Waals surface area contributed by atoms with Crippen molar-refractivity contribution in [1.82, 2.24) is 0 Å². The van der Waals surface area contributed by atoms with Crippen LogP contribution in [0.25, 0.3) is 11.6 Å². The summed E-state index contributed by atoms with van der Waals surface area (Å²) in [5.41, 5.74) is 9.08. The van der Waals surface area contributed by atoms with Crippen molar-refractivity contribution in [3.63, 3.8) is 0 Å². The van der Waals surface area contributed by atoms with Crippen molar-refractivity contribution in [2.45, 2.75) is 11.0 Å². The van der Waals surface area contributed by atoms with E-state index in [1.54, 1.807) is 0 Å². The van der Waals surface area contributed by atoms with Gasteiger partial charge >= 0.3 is 35.3 Å². The Morgan fingerprint density at radius 3 is 2.56 bits per heavy atom. The molecule has 0 heterocycles. The average Bonchev–Trinajstić information content (AvgIpc) is 2.28. The van der Waals surface area contributed by atoms with Crippen LogP contribution in [0.5, 0.6) is 0 Å². The first-order chi connectivity index (χ1) is 7.95. The summed E-state index contributed by atoms with van der Waals surface area (Å²) in [6.45, 7) is 0. The first-order valence-corrected chi connectivity index (χ1v) is 6.07. The molecule has 2 rings (SSSR count). The number of rotatable bonds is 1. The molecule has 1 unspecified atom stereocenters. The first kappa shape index (κ1) is 15.3. The van der Waals surface area contributed by atoms with Gasteiger partial charge in [-0.2, -0.15) is 13.2 Å². The molecule has 1 aromatic carbocycles. The summed E-state index contributed by atoms with van der Waals surface area (Å²) in [5.74, 6) is 0. The quantitative estimate of drug-likeness (QED) is 0.262. The van der Waals surface area contributed by atoms with E-state index < -0.39 is 16.2 Å². The zero-order chi connectivity index (χ0) is 12.6. The fourth-order valence-electron chi connectivity index (χ4n) is 1.71. The molecule has 1 aliphatic carbocycles. The molecule has 0 spiro atoms. The fraction of sp³-hybridized carbons (Fsp3) is 0.100. The smallest absolute Gasteiger partial charge is 1.00 e. The fourth-order valence-corrected chi connectivity index (χ4v) is 2.42. The molecule has 0 saturated heterocycles. The number of nitrogens with zero attached hydrogens (tertiary/aromatic N) is 2. The van der Waals surface area contributed by atoms with Crippen LogP contribution in [0.2, 0.25) is 0 Å². The van der Waals surface area contributed by atoms with E-state index in [9.17, 15) is 13.5 Å². The topological polar surface area (TPSA) is 111 Å². The monoisotopic (exact) mass is 276 g/mol. The van der Waals surface area contributed by atoms with E-state index >= 15 is 0 Å². The van der Waals surface area contributed by atoms with Crippen LogP contribution in [0, 0.1) is 0 Å². The molecule has 1 aromatic rings. The van der Waals surface area contributed by atoms with Gasteiger partial charge in [-0.25, -0.2) is 0 Å². The molecule has 0 radical (unpaired) electrons. The minimum absolute atomic E-state index is 0. The molecular formula is C10H9N2NaO4S. The van der Waals surface area contributed by atoms with Gasteiger partial charge < -0.3 is 12.1 Å². The van der Waals surface area contributed by atoms with Gasteiger partial charge in [0.2, 0.25) is 0 Å². The van der Waals surface area contributed by atoms with Crippen LogP contribution in [0.4, 0.5) is 0 Å². The van der Waals surface area contributed by atoms with Crippen molar-refractivity contribution < 1.29 is 53.9 Å². The van der Waals surface area contributed by atoms with Gasteiger partial charge in [0, 0.05) is 17.2 Å². The Morgan fingerprint density at radius 2 is 2.00 bits per heavy atom. The second-order valence-electron chi connectivity index (χ2n) is 3.49. The molecule has 0 fully saturated rings. The van der Waals surface area contributed by atoms with Crippen LogP contribution < -0.4 is 29.6 Å². The number of benzene rings is 1. The number of hydrogen-bond donors (Lipinski definition) is 2. The predicted octanol–water partition coefficient (Wildman–Crippen LogP) is -2.22. The van der Waals surface area contributed by atoms with Crippen molar-refractivity contribution >= 4 is 21.9 Å². The summed E-state index contributed by atoms with van der Waals surface area (Å²) < 4.78 is 31.3. The predicted molar refractivity (Wildman–Crippen MR) is 60.0 cm³/mol. The average molecular weight is 276 g/mol. The zero-order valence-corrected chi connectivity index (χ0v) is 12.3. The van der Waals surface area contributed by atoms with Gasteiger partial charge in [0.1, 0.15) is 4.90 Å². The minimum atomic E-state index is -4.36. The number of aliphatic hydroxyl groups is 1. The summed E-state index contributed by atoms with van der Waals surface area (Å²) in [4.78, 5) is 2.60. The summed E-state index contributed by atoms with van der Waals surface area (Å²) >= 11 is 0. The van der Waals surface area contributed by atoms with Crippen molar-refractivity contribution in [2.75, 3.05) is 0 Å². The summed E-state index contributed by atoms with van der Waals surface area (Å²) in [6.07, 6.45) is 1.42. The van der Waals surface area contributed by atoms with Gasteiger partial charge in [-0.3, -0.25) is 4.55 Å². The minimum Gasteiger partial charge on any atom is -1.00 e. The van der Waals surface area contributed by atoms with Gasteiger partial charge in [0.25, 0.3) is 10.1 Å². The van der Waals surface area contributed by atoms with E-state index in [4.69, 9.17) is 10.1 Å². The van der Waals surface area contributed by atoms with Crippen LogP contribution in [0.3, 0.4) is 0 Å². The second kappa shape index (κ2) is 5.46. The molecule has 8 heteroatoms. The Bertz CT molecular complexity index is 668. The van der Waals surface area contributed by atoms with Gasteiger partial charge in [-0.15, -0.1) is 0 Å². The Balaban J connectivity index is 0.00000162. The third-order valence-corrected chi connectivity index (χ3v) is 3.40. The molecule has 0 aromatic heterocycles. The number of hydrogen-bond acceptors (Lipinski definition) is 3. The van der Waals surface area contributed by atoms with Crippen LogP contribution in [-0.2, 0) is 10.1 Å². The van der Waals surface area contributed by atoms with E-state index in [0.717, 1.165) is 0 Å². The molecule has 1 aliphatic rings. The largest absolute Gasteiger partial charge is 1.00 e. The van der Waals surface area contributed by atoms with Gasteiger partial charge in [0.15, 0.2) is 6.10 Å². The summed E-state index contributed by atoms with van der Waals surface area (Å²) in [5, 5.41) is 9.79. The Morgan fingerprint density at radius 1 is 1.33 bits per heavy atom. The SMILES string of the molecule is [H-].[N-]=[N+]=C1C=Cc2c(cccc2S(=O)(=O)O)C1O.[Na+]. The van der Waals surface area contributed by atoms with Crippen LogP contribution >= 0.6 is 0 Å². The van der Waals surface area contributed by atoms with E-state index in [1.165, 1.54) is 30.4 Å². The zero-order valence-electron chi connectivity index (χ0n) is 10.5. The van der Waals surface area contributed by atoms with Crippen molar-refractivity contribution in [3.05, 3.63) is 40.9 Å². The summed E-state index contributed by atoms with van der Waals surface area (Å²) in [7, 11) is -4.36. The van der Waals surface area contributed by atoms with Gasteiger partial charge in [-0.05, 0) is 12.1 Å². The molecule has 6 nitrogen and oxygen atoms in total. The van der Waals surface area contributed by atoms with Crippen molar-refractivity contribution in [3.8, 4) is 0 Å². The molecule has 0 saturated carbocycles. The third-order valence-electron chi connectivity index (χ3n) is 2.49. The molecule has 1 atom stereocenters. The van der Waals surface area contributed by atoms with Crippen molar-refractivity contribution in [2.24, 2.45) is 0 Å². The third kappa shape index (κ3) is 2.62. The van der Waals surface area contributed by atoms with Crippen molar-refractivity contribution in [1.29, 1.82) is 0 Å². The maximum absolute atomic E-state index is 11.1. The second-order valence-corrected chi connectivity index (χ2v) is 4.88. The normalized spacial score (nSPS) is 17.7. The Hall–Kier alpha value is -0.790. The molecular weight excluding hydrogens is 267 g/mol. The van der Waals surface area contributed by atoms with E-state index in [-0.39, 0.29) is 52.7 Å². The number of fused-ring (bicyclic) bond motifs is 1. The molecule has 0 aliphatic heterocycles. The molecule has 18 heavy (non-hydrogen) atoms. The van der Waals surface area contributed by atoms with E-state index in [1.807, 2.05) is 0 Å². The standard InChI is InChI=1S/C10H8N2O4S.Na.H/c11-12-8-5-4-6-7(10(8)13)2-1-3-9(6)17(14,15)16;;/h1-5,10,13H,(H,14,15,16);;/q;+1;-1. The van der Waals surface area contributed by atoms with Crippen LogP contribution in [0.1, 0.15) is 18.7 Å². The van der Waals surface area contributed by atoms with Gasteiger partial charge in [0.05, 0.1) is 0 Å². The van der Waals surface area contributed by atoms with Crippen LogP contribution in [-0.4, -0.2) is 28.6 Å². The van der Waals surface area contributed by atoms with Gasteiger partial charge in [-0.1, -0.05) is 12.1 Å². The maximum Gasteiger partial charge on any atom is 1.00 e. The van der Waals surface area contributed by atoms with E-state index in [2.05, 4.69) is 4.79 Å². The number of aliphatic hydroxyl groups excluding tert-OH is 1. The molecule has 90 valence electrons. The maximum atomic E-state index is 11.1. The molecule has 0 amide bonds. The Kier molecular flexibility index (Phi) is 4.63. The Labute approximate surface area is 127 Å². The molecule has 2 N–H and O–H groups in total.